The molecule has 0 aromatic heterocycles. The lowest BCUT2D eigenvalue weighted by molar-refractivity contribution is -0.137. The summed E-state index contributed by atoms with van der Waals surface area (Å²) >= 11 is 0. The third-order valence-corrected chi connectivity index (χ3v) is 2.60. The lowest BCUT2D eigenvalue weighted by Gasteiger charge is -2.12. The van der Waals surface area contributed by atoms with Gasteiger partial charge < -0.3 is 5.73 Å². The maximum absolute atomic E-state index is 12.7. The Balaban J connectivity index is 2.80. The maximum Gasteiger partial charge on any atom is 0.417 e. The Kier molecular flexibility index (Phi) is 4.90. The summed E-state index contributed by atoms with van der Waals surface area (Å²) in [5.74, 6) is -0.483. The van der Waals surface area contributed by atoms with Gasteiger partial charge in [0, 0.05) is 18.0 Å². The van der Waals surface area contributed by atoms with Crippen LogP contribution >= 0.6 is 0 Å². The summed E-state index contributed by atoms with van der Waals surface area (Å²) in [4.78, 5) is 11.8. The molecular formula is C13H16F3NO. The normalized spacial score (nSPS) is 13.4. The molecule has 2 N–H and O–H groups in total. The van der Waals surface area contributed by atoms with Gasteiger partial charge in [-0.2, -0.15) is 13.2 Å². The molecule has 2 nitrogen and oxygen atoms in total. The van der Waals surface area contributed by atoms with Gasteiger partial charge in [0.1, 0.15) is 0 Å². The predicted octanol–water partition coefficient (Wildman–Crippen LogP) is 3.41. The summed E-state index contributed by atoms with van der Waals surface area (Å²) in [6, 6.07) is 4.82. The number of ketones is 1. The third kappa shape index (κ3) is 4.14. The minimum atomic E-state index is -4.49. The van der Waals surface area contributed by atoms with Crippen LogP contribution in [0.2, 0.25) is 0 Å². The molecule has 0 spiro atoms. The Bertz CT molecular complexity index is 413. The molecule has 0 amide bonds. The fourth-order valence-corrected chi connectivity index (χ4v) is 1.69. The Labute approximate surface area is 104 Å². The summed E-state index contributed by atoms with van der Waals surface area (Å²) in [5, 5.41) is 0. The molecule has 0 aliphatic heterocycles. The number of benzene rings is 1. The van der Waals surface area contributed by atoms with Crippen molar-refractivity contribution in [2.75, 3.05) is 0 Å². The van der Waals surface area contributed by atoms with Crippen LogP contribution in [0.4, 0.5) is 13.2 Å². The monoisotopic (exact) mass is 259 g/mol. The van der Waals surface area contributed by atoms with E-state index in [0.717, 1.165) is 6.07 Å². The lowest BCUT2D eigenvalue weighted by atomic mass is 9.99. The van der Waals surface area contributed by atoms with E-state index >= 15 is 0 Å². The molecule has 18 heavy (non-hydrogen) atoms. The van der Waals surface area contributed by atoms with Crippen molar-refractivity contribution in [1.29, 1.82) is 0 Å². The van der Waals surface area contributed by atoms with Gasteiger partial charge in [-0.1, -0.05) is 18.2 Å². The molecule has 1 unspecified atom stereocenters. The number of alkyl halides is 3. The van der Waals surface area contributed by atoms with Crippen LogP contribution in [0.3, 0.4) is 0 Å². The molecule has 0 radical (unpaired) electrons. The molecule has 1 atom stereocenters. The van der Waals surface area contributed by atoms with Crippen LogP contribution in [0.25, 0.3) is 0 Å². The summed E-state index contributed by atoms with van der Waals surface area (Å²) in [5.41, 5.74) is 4.41. The molecule has 0 aliphatic carbocycles. The van der Waals surface area contributed by atoms with Gasteiger partial charge in [-0.05, 0) is 25.8 Å². The van der Waals surface area contributed by atoms with Gasteiger partial charge in [-0.15, -0.1) is 0 Å². The quantitative estimate of drug-likeness (QED) is 0.823. The van der Waals surface area contributed by atoms with Crippen molar-refractivity contribution < 1.29 is 18.0 Å². The number of carbonyl (C=O) groups is 1. The molecule has 0 heterocycles. The highest BCUT2D eigenvalue weighted by Crippen LogP contribution is 2.32. The van der Waals surface area contributed by atoms with Crippen molar-refractivity contribution in [3.63, 3.8) is 0 Å². The first-order valence-electron chi connectivity index (χ1n) is 5.77. The number of nitrogens with two attached hydrogens (primary N) is 1. The van der Waals surface area contributed by atoms with E-state index < -0.39 is 17.5 Å². The van der Waals surface area contributed by atoms with E-state index in [9.17, 15) is 18.0 Å². The molecule has 1 rings (SSSR count). The van der Waals surface area contributed by atoms with E-state index in [0.29, 0.717) is 12.8 Å². The summed E-state index contributed by atoms with van der Waals surface area (Å²) in [6.07, 6.45) is -3.27. The molecule has 0 saturated carbocycles. The van der Waals surface area contributed by atoms with E-state index in [1.165, 1.54) is 18.2 Å². The fraction of sp³-hybridized carbons (Fsp3) is 0.462. The van der Waals surface area contributed by atoms with Crippen LogP contribution in [0, 0.1) is 0 Å². The Hall–Kier alpha value is -1.36. The molecule has 100 valence electrons. The standard InChI is InChI=1S/C13H16F3NO/c1-9(17)5-4-8-12(18)10-6-2-3-7-11(10)13(14,15)16/h2-3,6-7,9H,4-5,8,17H2,1H3. The Morgan fingerprint density at radius 3 is 2.50 bits per heavy atom. The van der Waals surface area contributed by atoms with E-state index in [1.807, 2.05) is 0 Å². The van der Waals surface area contributed by atoms with Gasteiger partial charge in [0.05, 0.1) is 5.56 Å². The molecule has 0 bridgehead atoms. The second kappa shape index (κ2) is 6.00. The molecule has 0 saturated heterocycles. The van der Waals surface area contributed by atoms with Crippen LogP contribution in [0.5, 0.6) is 0 Å². The fourth-order valence-electron chi connectivity index (χ4n) is 1.69. The van der Waals surface area contributed by atoms with Crippen LogP contribution in [-0.4, -0.2) is 11.8 Å². The number of carbonyl (C=O) groups excluding carboxylic acids is 1. The van der Waals surface area contributed by atoms with Gasteiger partial charge in [0.25, 0.3) is 0 Å². The lowest BCUT2D eigenvalue weighted by Crippen LogP contribution is -2.16. The minimum absolute atomic E-state index is 0.0457. The topological polar surface area (TPSA) is 43.1 Å². The second-order valence-corrected chi connectivity index (χ2v) is 4.34. The van der Waals surface area contributed by atoms with Crippen LogP contribution < -0.4 is 5.73 Å². The van der Waals surface area contributed by atoms with Crippen molar-refractivity contribution in [1.82, 2.24) is 0 Å². The zero-order valence-corrected chi connectivity index (χ0v) is 10.1. The summed E-state index contributed by atoms with van der Waals surface area (Å²) in [7, 11) is 0. The van der Waals surface area contributed by atoms with Gasteiger partial charge in [-0.25, -0.2) is 0 Å². The van der Waals surface area contributed by atoms with Crippen molar-refractivity contribution in [3.8, 4) is 0 Å². The largest absolute Gasteiger partial charge is 0.417 e. The van der Waals surface area contributed by atoms with Crippen LogP contribution in [0.15, 0.2) is 24.3 Å². The number of hydrogen-bond acceptors (Lipinski definition) is 2. The first-order chi connectivity index (χ1) is 8.32. The highest BCUT2D eigenvalue weighted by atomic mass is 19.4. The summed E-state index contributed by atoms with van der Waals surface area (Å²) < 4.78 is 38.1. The smallest absolute Gasteiger partial charge is 0.328 e. The Morgan fingerprint density at radius 1 is 1.33 bits per heavy atom. The minimum Gasteiger partial charge on any atom is -0.328 e. The van der Waals surface area contributed by atoms with E-state index in [2.05, 4.69) is 0 Å². The number of halogens is 3. The molecule has 1 aromatic carbocycles. The van der Waals surface area contributed by atoms with Gasteiger partial charge >= 0.3 is 6.18 Å². The zero-order chi connectivity index (χ0) is 13.8. The van der Waals surface area contributed by atoms with E-state index in [1.54, 1.807) is 6.92 Å². The number of Topliss-reactive ketones (excluding diaryl/α,β-unsaturated/α-hetero) is 1. The predicted molar refractivity (Wildman–Crippen MR) is 63.3 cm³/mol. The Morgan fingerprint density at radius 2 is 1.94 bits per heavy atom. The van der Waals surface area contributed by atoms with E-state index in [-0.39, 0.29) is 18.0 Å². The van der Waals surface area contributed by atoms with E-state index in [4.69, 9.17) is 5.73 Å². The number of rotatable bonds is 5. The van der Waals surface area contributed by atoms with Gasteiger partial charge in [-0.3, -0.25) is 4.79 Å². The second-order valence-electron chi connectivity index (χ2n) is 4.34. The first kappa shape index (κ1) is 14.7. The molecule has 0 fully saturated rings. The van der Waals surface area contributed by atoms with Crippen molar-refractivity contribution >= 4 is 5.78 Å². The first-order valence-corrected chi connectivity index (χ1v) is 5.77. The molecular weight excluding hydrogens is 243 g/mol. The molecule has 1 aromatic rings. The average molecular weight is 259 g/mol. The van der Waals surface area contributed by atoms with Crippen LogP contribution in [0.1, 0.15) is 42.1 Å². The van der Waals surface area contributed by atoms with Crippen molar-refractivity contribution in [2.45, 2.75) is 38.4 Å². The molecule has 5 heteroatoms. The highest BCUT2D eigenvalue weighted by Gasteiger charge is 2.34. The summed E-state index contributed by atoms with van der Waals surface area (Å²) in [6.45, 7) is 1.80. The van der Waals surface area contributed by atoms with Gasteiger partial charge in [0.2, 0.25) is 0 Å². The third-order valence-electron chi connectivity index (χ3n) is 2.60. The van der Waals surface area contributed by atoms with Crippen molar-refractivity contribution in [3.05, 3.63) is 35.4 Å². The van der Waals surface area contributed by atoms with Gasteiger partial charge in [0.15, 0.2) is 5.78 Å². The van der Waals surface area contributed by atoms with Crippen molar-refractivity contribution in [2.24, 2.45) is 5.73 Å². The highest BCUT2D eigenvalue weighted by molar-refractivity contribution is 5.97. The molecule has 0 aliphatic rings. The SMILES string of the molecule is CC(N)CCCC(=O)c1ccccc1C(F)(F)F. The number of hydrogen-bond donors (Lipinski definition) is 1. The average Bonchev–Trinajstić information content (AvgIpc) is 2.27. The zero-order valence-electron chi connectivity index (χ0n) is 10.1. The maximum atomic E-state index is 12.7. The van der Waals surface area contributed by atoms with Crippen LogP contribution in [-0.2, 0) is 6.18 Å².